The van der Waals surface area contributed by atoms with Crippen LogP contribution >= 0.6 is 0 Å². The summed E-state index contributed by atoms with van der Waals surface area (Å²) in [5.41, 5.74) is 7.59. The molecule has 0 aromatic heterocycles. The van der Waals surface area contributed by atoms with Crippen LogP contribution in [0.2, 0.25) is 0 Å². The zero-order chi connectivity index (χ0) is 13.0. The van der Waals surface area contributed by atoms with Crippen LogP contribution < -0.4 is 5.73 Å². The molecule has 0 saturated carbocycles. The van der Waals surface area contributed by atoms with Crippen molar-refractivity contribution in [1.29, 1.82) is 0 Å². The van der Waals surface area contributed by atoms with E-state index in [-0.39, 0.29) is 0 Å². The molecule has 2 nitrogen and oxygen atoms in total. The minimum Gasteiger partial charge on any atom is -0.327 e. The first-order chi connectivity index (χ1) is 8.72. The van der Waals surface area contributed by atoms with Crippen LogP contribution in [0.3, 0.4) is 0 Å². The number of hydrogen-bond acceptors (Lipinski definition) is 2. The van der Waals surface area contributed by atoms with E-state index in [2.05, 4.69) is 49.1 Å². The lowest BCUT2D eigenvalue weighted by molar-refractivity contribution is 0.110. The molecule has 2 N–H and O–H groups in total. The van der Waals surface area contributed by atoms with Crippen molar-refractivity contribution >= 4 is 0 Å². The van der Waals surface area contributed by atoms with Gasteiger partial charge in [-0.15, -0.1) is 0 Å². The van der Waals surface area contributed by atoms with Crippen molar-refractivity contribution < 1.29 is 0 Å². The third-order valence-corrected chi connectivity index (χ3v) is 4.19. The molecule has 3 atom stereocenters. The standard InChI is InChI=1S/C16H26N2/c1-3-7-16(14-8-5-4-6-9-14)18-11-10-15(17)13(2)12-18/h4-6,8-9,13,15-16H,3,7,10-12,17H2,1-2H3. The molecule has 0 spiro atoms. The Labute approximate surface area is 111 Å². The van der Waals surface area contributed by atoms with Crippen LogP contribution in [0.5, 0.6) is 0 Å². The van der Waals surface area contributed by atoms with Gasteiger partial charge in [-0.1, -0.05) is 50.6 Å². The first-order valence-corrected chi connectivity index (χ1v) is 7.27. The molecule has 1 aromatic rings. The lowest BCUT2D eigenvalue weighted by Crippen LogP contribution is -2.47. The second-order valence-corrected chi connectivity index (χ2v) is 5.64. The van der Waals surface area contributed by atoms with E-state index in [1.807, 2.05) is 0 Å². The third kappa shape index (κ3) is 3.12. The van der Waals surface area contributed by atoms with Gasteiger partial charge in [0.15, 0.2) is 0 Å². The van der Waals surface area contributed by atoms with Gasteiger partial charge >= 0.3 is 0 Å². The summed E-state index contributed by atoms with van der Waals surface area (Å²) < 4.78 is 0. The Morgan fingerprint density at radius 3 is 2.67 bits per heavy atom. The van der Waals surface area contributed by atoms with Crippen LogP contribution in [0.25, 0.3) is 0 Å². The summed E-state index contributed by atoms with van der Waals surface area (Å²) in [7, 11) is 0. The van der Waals surface area contributed by atoms with Crippen molar-refractivity contribution in [2.75, 3.05) is 13.1 Å². The highest BCUT2D eigenvalue weighted by Crippen LogP contribution is 2.29. The molecule has 1 aromatic carbocycles. The normalized spacial score (nSPS) is 27.1. The van der Waals surface area contributed by atoms with E-state index < -0.39 is 0 Å². The molecule has 0 aliphatic carbocycles. The van der Waals surface area contributed by atoms with Crippen LogP contribution in [0, 0.1) is 5.92 Å². The summed E-state index contributed by atoms with van der Waals surface area (Å²) in [6.07, 6.45) is 3.61. The van der Waals surface area contributed by atoms with Gasteiger partial charge in [-0.05, 0) is 24.3 Å². The smallest absolute Gasteiger partial charge is 0.0348 e. The van der Waals surface area contributed by atoms with E-state index in [1.54, 1.807) is 0 Å². The Morgan fingerprint density at radius 2 is 2.06 bits per heavy atom. The maximum Gasteiger partial charge on any atom is 0.0348 e. The summed E-state index contributed by atoms with van der Waals surface area (Å²) in [4.78, 5) is 2.63. The minimum atomic E-state index is 0.388. The highest BCUT2D eigenvalue weighted by Gasteiger charge is 2.28. The van der Waals surface area contributed by atoms with E-state index in [4.69, 9.17) is 5.73 Å². The fourth-order valence-corrected chi connectivity index (χ4v) is 2.99. The number of nitrogens with zero attached hydrogens (tertiary/aromatic N) is 1. The average Bonchev–Trinajstić information content (AvgIpc) is 2.40. The number of benzene rings is 1. The fourth-order valence-electron chi connectivity index (χ4n) is 2.99. The number of hydrogen-bond donors (Lipinski definition) is 1. The van der Waals surface area contributed by atoms with Crippen molar-refractivity contribution in [2.45, 2.75) is 45.2 Å². The average molecular weight is 246 g/mol. The van der Waals surface area contributed by atoms with Gasteiger partial charge in [-0.2, -0.15) is 0 Å². The highest BCUT2D eigenvalue weighted by molar-refractivity contribution is 5.19. The summed E-state index contributed by atoms with van der Waals surface area (Å²) in [5.74, 6) is 0.613. The second kappa shape index (κ2) is 6.35. The predicted octanol–water partition coefficient (Wildman–Crippen LogP) is 3.20. The Bertz CT molecular complexity index is 349. The van der Waals surface area contributed by atoms with Gasteiger partial charge in [0.25, 0.3) is 0 Å². The minimum absolute atomic E-state index is 0.388. The molecule has 18 heavy (non-hydrogen) atoms. The van der Waals surface area contributed by atoms with Crippen LogP contribution in [0.4, 0.5) is 0 Å². The predicted molar refractivity (Wildman–Crippen MR) is 77.4 cm³/mol. The van der Waals surface area contributed by atoms with Gasteiger partial charge in [0, 0.05) is 25.2 Å². The molecule has 1 aliphatic heterocycles. The SMILES string of the molecule is CCCC(c1ccccc1)N1CCC(N)C(C)C1. The Kier molecular flexibility index (Phi) is 4.79. The fraction of sp³-hybridized carbons (Fsp3) is 0.625. The molecule has 2 rings (SSSR count). The van der Waals surface area contributed by atoms with Gasteiger partial charge in [0.2, 0.25) is 0 Å². The maximum absolute atomic E-state index is 6.13. The number of piperidine rings is 1. The van der Waals surface area contributed by atoms with E-state index >= 15 is 0 Å². The first kappa shape index (κ1) is 13.6. The summed E-state index contributed by atoms with van der Waals surface area (Å²) in [6, 6.07) is 11.9. The van der Waals surface area contributed by atoms with E-state index in [1.165, 1.54) is 18.4 Å². The van der Waals surface area contributed by atoms with E-state index in [0.717, 1.165) is 19.5 Å². The van der Waals surface area contributed by atoms with Crippen molar-refractivity contribution in [3.8, 4) is 0 Å². The molecule has 0 radical (unpaired) electrons. The second-order valence-electron chi connectivity index (χ2n) is 5.64. The van der Waals surface area contributed by atoms with Gasteiger partial charge in [-0.3, -0.25) is 4.90 Å². The largest absolute Gasteiger partial charge is 0.327 e. The zero-order valence-corrected chi connectivity index (χ0v) is 11.7. The molecule has 0 amide bonds. The topological polar surface area (TPSA) is 29.3 Å². The molecule has 0 bridgehead atoms. The summed E-state index contributed by atoms with van der Waals surface area (Å²) in [5, 5.41) is 0. The van der Waals surface area contributed by atoms with E-state index in [0.29, 0.717) is 18.0 Å². The molecule has 1 saturated heterocycles. The number of rotatable bonds is 4. The van der Waals surface area contributed by atoms with Crippen LogP contribution in [0.15, 0.2) is 30.3 Å². The molecule has 2 heteroatoms. The van der Waals surface area contributed by atoms with Crippen molar-refractivity contribution in [1.82, 2.24) is 4.90 Å². The summed E-state index contributed by atoms with van der Waals surface area (Å²) >= 11 is 0. The molecular formula is C16H26N2. The van der Waals surface area contributed by atoms with Gasteiger partial charge in [0.05, 0.1) is 0 Å². The summed E-state index contributed by atoms with van der Waals surface area (Å²) in [6.45, 7) is 6.84. The maximum atomic E-state index is 6.13. The quantitative estimate of drug-likeness (QED) is 0.884. The lowest BCUT2D eigenvalue weighted by Gasteiger charge is -2.40. The third-order valence-electron chi connectivity index (χ3n) is 4.19. The van der Waals surface area contributed by atoms with E-state index in [9.17, 15) is 0 Å². The van der Waals surface area contributed by atoms with Crippen LogP contribution in [-0.4, -0.2) is 24.0 Å². The van der Waals surface area contributed by atoms with Crippen LogP contribution in [-0.2, 0) is 0 Å². The lowest BCUT2D eigenvalue weighted by atomic mass is 9.91. The van der Waals surface area contributed by atoms with Crippen molar-refractivity contribution in [3.05, 3.63) is 35.9 Å². The monoisotopic (exact) mass is 246 g/mol. The molecular weight excluding hydrogens is 220 g/mol. The zero-order valence-electron chi connectivity index (χ0n) is 11.7. The molecule has 1 fully saturated rings. The Balaban J connectivity index is 2.11. The Morgan fingerprint density at radius 1 is 1.33 bits per heavy atom. The molecule has 1 heterocycles. The first-order valence-electron chi connectivity index (χ1n) is 7.27. The Hall–Kier alpha value is -0.860. The highest BCUT2D eigenvalue weighted by atomic mass is 15.2. The number of nitrogens with two attached hydrogens (primary N) is 1. The number of likely N-dealkylation sites (tertiary alicyclic amines) is 1. The van der Waals surface area contributed by atoms with Crippen molar-refractivity contribution in [2.24, 2.45) is 11.7 Å². The van der Waals surface area contributed by atoms with Gasteiger partial charge in [-0.25, -0.2) is 0 Å². The molecule has 1 aliphatic rings. The van der Waals surface area contributed by atoms with Crippen LogP contribution in [0.1, 0.15) is 44.7 Å². The van der Waals surface area contributed by atoms with Gasteiger partial charge < -0.3 is 5.73 Å². The van der Waals surface area contributed by atoms with Crippen molar-refractivity contribution in [3.63, 3.8) is 0 Å². The molecule has 3 unspecified atom stereocenters. The molecule has 100 valence electrons. The van der Waals surface area contributed by atoms with Gasteiger partial charge in [0.1, 0.15) is 0 Å².